The van der Waals surface area contributed by atoms with Gasteiger partial charge in [-0.05, 0) is 38.5 Å². The van der Waals surface area contributed by atoms with Gasteiger partial charge >= 0.3 is 6.09 Å². The Morgan fingerprint density at radius 3 is 2.73 bits per heavy atom. The summed E-state index contributed by atoms with van der Waals surface area (Å²) in [5.74, 6) is 0. The molecular weight excluding hydrogens is 192 g/mol. The molecule has 1 amide bonds. The van der Waals surface area contributed by atoms with Gasteiger partial charge in [0.2, 0.25) is 0 Å². The number of ether oxygens (including phenoxy) is 1. The van der Waals surface area contributed by atoms with Gasteiger partial charge in [-0.1, -0.05) is 6.07 Å². The number of aryl methyl sites for hydroxylation is 1. The highest BCUT2D eigenvalue weighted by Gasteiger charge is 2.07. The lowest BCUT2D eigenvalue weighted by Gasteiger charge is -2.11. The van der Waals surface area contributed by atoms with Crippen LogP contribution in [0, 0.1) is 6.92 Å². The lowest BCUT2D eigenvalue weighted by Crippen LogP contribution is -2.18. The van der Waals surface area contributed by atoms with Crippen LogP contribution in [0.1, 0.15) is 19.4 Å². The summed E-state index contributed by atoms with van der Waals surface area (Å²) in [4.78, 5) is 11.3. The normalized spacial score (nSPS) is 10.1. The van der Waals surface area contributed by atoms with Crippen LogP contribution in [-0.4, -0.2) is 12.2 Å². The van der Waals surface area contributed by atoms with Crippen LogP contribution in [0.2, 0.25) is 0 Å². The second kappa shape index (κ2) is 4.68. The standard InChI is InChI=1S/C11H16N2O2/c1-7(2)15-11(14)13-10-6-9(12)5-4-8(10)3/h4-7H,12H2,1-3H3,(H,13,14). The number of carbonyl (C=O) groups excluding carboxylic acids is 1. The van der Waals surface area contributed by atoms with E-state index in [1.165, 1.54) is 0 Å². The minimum absolute atomic E-state index is 0.133. The Labute approximate surface area is 89.4 Å². The zero-order valence-electron chi connectivity index (χ0n) is 9.20. The molecule has 0 unspecified atom stereocenters. The Bertz CT molecular complexity index is 362. The quantitative estimate of drug-likeness (QED) is 0.734. The van der Waals surface area contributed by atoms with Crippen LogP contribution in [0.5, 0.6) is 0 Å². The maximum Gasteiger partial charge on any atom is 0.411 e. The van der Waals surface area contributed by atoms with Crippen LogP contribution in [-0.2, 0) is 4.74 Å². The molecule has 1 aromatic rings. The molecule has 3 N–H and O–H groups in total. The Balaban J connectivity index is 2.71. The Kier molecular flexibility index (Phi) is 3.55. The zero-order chi connectivity index (χ0) is 11.4. The summed E-state index contributed by atoms with van der Waals surface area (Å²) in [6, 6.07) is 5.34. The molecule has 0 bridgehead atoms. The molecule has 0 saturated carbocycles. The lowest BCUT2D eigenvalue weighted by molar-refractivity contribution is 0.130. The van der Waals surface area contributed by atoms with E-state index in [-0.39, 0.29) is 6.10 Å². The molecule has 4 heteroatoms. The molecule has 0 aliphatic rings. The van der Waals surface area contributed by atoms with Crippen molar-refractivity contribution < 1.29 is 9.53 Å². The number of nitrogens with one attached hydrogen (secondary N) is 1. The van der Waals surface area contributed by atoms with E-state index in [4.69, 9.17) is 10.5 Å². The van der Waals surface area contributed by atoms with Crippen LogP contribution < -0.4 is 11.1 Å². The second-order valence-corrected chi connectivity index (χ2v) is 3.65. The fraction of sp³-hybridized carbons (Fsp3) is 0.364. The molecule has 0 fully saturated rings. The van der Waals surface area contributed by atoms with E-state index in [1.807, 2.05) is 13.0 Å². The van der Waals surface area contributed by atoms with Crippen molar-refractivity contribution in [3.63, 3.8) is 0 Å². The molecule has 1 rings (SSSR count). The molecule has 82 valence electrons. The predicted octanol–water partition coefficient (Wildman–Crippen LogP) is 2.53. The van der Waals surface area contributed by atoms with E-state index >= 15 is 0 Å². The van der Waals surface area contributed by atoms with Gasteiger partial charge in [0.15, 0.2) is 0 Å². The average Bonchev–Trinajstić information content (AvgIpc) is 2.10. The first-order valence-corrected chi connectivity index (χ1v) is 4.83. The summed E-state index contributed by atoms with van der Waals surface area (Å²) in [5, 5.41) is 2.64. The summed E-state index contributed by atoms with van der Waals surface area (Å²) in [5.41, 5.74) is 7.85. The van der Waals surface area contributed by atoms with Crippen LogP contribution >= 0.6 is 0 Å². The first kappa shape index (κ1) is 11.4. The molecule has 0 saturated heterocycles. The first-order chi connectivity index (χ1) is 6.99. The number of amides is 1. The van der Waals surface area contributed by atoms with Gasteiger partial charge in [0.1, 0.15) is 0 Å². The van der Waals surface area contributed by atoms with Crippen LogP contribution in [0.3, 0.4) is 0 Å². The molecule has 0 radical (unpaired) electrons. The fourth-order valence-electron chi connectivity index (χ4n) is 1.13. The number of benzene rings is 1. The number of nitrogen functional groups attached to an aromatic ring is 1. The third kappa shape index (κ3) is 3.50. The van der Waals surface area contributed by atoms with Crippen molar-refractivity contribution in [3.8, 4) is 0 Å². The Hall–Kier alpha value is -1.71. The largest absolute Gasteiger partial charge is 0.447 e. The summed E-state index contributed by atoms with van der Waals surface area (Å²) >= 11 is 0. The van der Waals surface area contributed by atoms with Crippen molar-refractivity contribution in [2.75, 3.05) is 11.1 Å². The van der Waals surface area contributed by atoms with Crippen molar-refractivity contribution >= 4 is 17.5 Å². The zero-order valence-corrected chi connectivity index (χ0v) is 9.20. The van der Waals surface area contributed by atoms with E-state index in [9.17, 15) is 4.79 Å². The van der Waals surface area contributed by atoms with E-state index in [0.29, 0.717) is 11.4 Å². The summed E-state index contributed by atoms with van der Waals surface area (Å²) in [7, 11) is 0. The number of hydrogen-bond acceptors (Lipinski definition) is 3. The average molecular weight is 208 g/mol. The maximum atomic E-state index is 11.3. The maximum absolute atomic E-state index is 11.3. The predicted molar refractivity (Wildman–Crippen MR) is 60.8 cm³/mol. The van der Waals surface area contributed by atoms with Crippen molar-refractivity contribution in [2.45, 2.75) is 26.9 Å². The number of nitrogens with two attached hydrogens (primary N) is 1. The molecule has 0 aliphatic carbocycles. The summed E-state index contributed by atoms with van der Waals surface area (Å²) < 4.78 is 4.96. The van der Waals surface area contributed by atoms with E-state index in [0.717, 1.165) is 5.56 Å². The van der Waals surface area contributed by atoms with Gasteiger partial charge in [-0.15, -0.1) is 0 Å². The highest BCUT2D eigenvalue weighted by molar-refractivity contribution is 5.86. The fourth-order valence-corrected chi connectivity index (χ4v) is 1.13. The minimum atomic E-state index is -0.460. The van der Waals surface area contributed by atoms with Gasteiger partial charge in [-0.3, -0.25) is 5.32 Å². The van der Waals surface area contributed by atoms with Crippen molar-refractivity contribution in [1.29, 1.82) is 0 Å². The number of carbonyl (C=O) groups is 1. The minimum Gasteiger partial charge on any atom is -0.447 e. The van der Waals surface area contributed by atoms with Crippen LogP contribution in [0.25, 0.3) is 0 Å². The lowest BCUT2D eigenvalue weighted by atomic mass is 10.2. The molecule has 1 aromatic carbocycles. The Morgan fingerprint density at radius 1 is 1.47 bits per heavy atom. The van der Waals surface area contributed by atoms with Gasteiger partial charge in [-0.25, -0.2) is 4.79 Å². The van der Waals surface area contributed by atoms with Gasteiger partial charge < -0.3 is 10.5 Å². The topological polar surface area (TPSA) is 64.3 Å². The second-order valence-electron chi connectivity index (χ2n) is 3.65. The van der Waals surface area contributed by atoms with Crippen LogP contribution in [0.15, 0.2) is 18.2 Å². The third-order valence-corrected chi connectivity index (χ3v) is 1.84. The van der Waals surface area contributed by atoms with Gasteiger partial charge in [0.05, 0.1) is 6.10 Å². The van der Waals surface area contributed by atoms with Gasteiger partial charge in [-0.2, -0.15) is 0 Å². The smallest absolute Gasteiger partial charge is 0.411 e. The monoisotopic (exact) mass is 208 g/mol. The SMILES string of the molecule is Cc1ccc(N)cc1NC(=O)OC(C)C. The van der Waals surface area contributed by atoms with Crippen molar-refractivity contribution in [1.82, 2.24) is 0 Å². The third-order valence-electron chi connectivity index (χ3n) is 1.84. The van der Waals surface area contributed by atoms with Crippen molar-refractivity contribution in [2.24, 2.45) is 0 Å². The molecule has 0 aromatic heterocycles. The molecule has 0 heterocycles. The number of hydrogen-bond donors (Lipinski definition) is 2. The van der Waals surface area contributed by atoms with Gasteiger partial charge in [0.25, 0.3) is 0 Å². The van der Waals surface area contributed by atoms with Gasteiger partial charge in [0, 0.05) is 11.4 Å². The number of anilines is 2. The molecule has 4 nitrogen and oxygen atoms in total. The molecule has 15 heavy (non-hydrogen) atoms. The highest BCUT2D eigenvalue weighted by Crippen LogP contribution is 2.18. The van der Waals surface area contributed by atoms with E-state index < -0.39 is 6.09 Å². The molecule has 0 aliphatic heterocycles. The molecular formula is C11H16N2O2. The number of rotatable bonds is 2. The van der Waals surface area contributed by atoms with E-state index in [2.05, 4.69) is 5.32 Å². The summed E-state index contributed by atoms with van der Waals surface area (Å²) in [6.07, 6.45) is -0.593. The van der Waals surface area contributed by atoms with Crippen LogP contribution in [0.4, 0.5) is 16.2 Å². The first-order valence-electron chi connectivity index (χ1n) is 4.83. The Morgan fingerprint density at radius 2 is 2.13 bits per heavy atom. The van der Waals surface area contributed by atoms with Crippen molar-refractivity contribution in [3.05, 3.63) is 23.8 Å². The van der Waals surface area contributed by atoms with E-state index in [1.54, 1.807) is 26.0 Å². The molecule has 0 spiro atoms. The summed E-state index contributed by atoms with van der Waals surface area (Å²) in [6.45, 7) is 5.49. The molecule has 0 atom stereocenters. The highest BCUT2D eigenvalue weighted by atomic mass is 16.6.